The molecular formula is C15H17N3O. The molecule has 1 N–H and O–H groups in total. The molecule has 1 aromatic heterocycles. The second-order valence-corrected chi connectivity index (χ2v) is 5.37. The summed E-state index contributed by atoms with van der Waals surface area (Å²) in [5, 5.41) is 19.5. The normalized spacial score (nSPS) is 17.7. The molecule has 0 unspecified atom stereocenters. The van der Waals surface area contributed by atoms with Gasteiger partial charge in [-0.1, -0.05) is 25.0 Å². The molecule has 0 saturated heterocycles. The summed E-state index contributed by atoms with van der Waals surface area (Å²) < 4.78 is 2.02. The first kappa shape index (κ1) is 12.2. The van der Waals surface area contributed by atoms with Crippen molar-refractivity contribution in [3.05, 3.63) is 30.1 Å². The molecule has 19 heavy (non-hydrogen) atoms. The van der Waals surface area contributed by atoms with Crippen LogP contribution in [0.25, 0.3) is 11.0 Å². The van der Waals surface area contributed by atoms with Gasteiger partial charge in [0.2, 0.25) is 0 Å². The molecule has 0 aliphatic heterocycles. The molecule has 4 nitrogen and oxygen atoms in total. The Morgan fingerprint density at radius 1 is 1.32 bits per heavy atom. The molecule has 0 atom stereocenters. The maximum absolute atomic E-state index is 10.6. The predicted molar refractivity (Wildman–Crippen MR) is 72.5 cm³/mol. The second-order valence-electron chi connectivity index (χ2n) is 5.37. The van der Waals surface area contributed by atoms with Gasteiger partial charge in [-0.25, -0.2) is 4.98 Å². The van der Waals surface area contributed by atoms with E-state index in [2.05, 4.69) is 11.1 Å². The highest BCUT2D eigenvalue weighted by Gasteiger charge is 2.32. The molecular weight excluding hydrogens is 238 g/mol. The molecule has 4 heteroatoms. The number of nitrogens with zero attached hydrogens (tertiary/aromatic N) is 3. The molecule has 1 aliphatic carbocycles. The van der Waals surface area contributed by atoms with E-state index >= 15 is 0 Å². The molecule has 3 rings (SSSR count). The number of rotatable bonds is 3. The number of nitriles is 1. The first-order chi connectivity index (χ1) is 9.22. The molecule has 1 saturated carbocycles. The fourth-order valence-electron chi connectivity index (χ4n) is 2.99. The van der Waals surface area contributed by atoms with Crippen LogP contribution in [0.5, 0.6) is 0 Å². The van der Waals surface area contributed by atoms with Gasteiger partial charge in [0.05, 0.1) is 35.7 Å². The standard InChI is InChI=1S/C15H17N3O/c16-10-7-14-17-12-5-1-2-6-13(12)18(14)11-15(19)8-3-4-9-15/h1-2,5-6,19H,3-4,7-9,11H2. The molecule has 0 spiro atoms. The van der Waals surface area contributed by atoms with Crippen LogP contribution in [-0.2, 0) is 13.0 Å². The van der Waals surface area contributed by atoms with Crippen LogP contribution in [0.3, 0.4) is 0 Å². The summed E-state index contributed by atoms with van der Waals surface area (Å²) in [6.07, 6.45) is 4.12. The fraction of sp³-hybridized carbons (Fsp3) is 0.467. The summed E-state index contributed by atoms with van der Waals surface area (Å²) in [6.45, 7) is 0.546. The van der Waals surface area contributed by atoms with E-state index in [1.54, 1.807) is 0 Å². The zero-order valence-electron chi connectivity index (χ0n) is 10.8. The second kappa shape index (κ2) is 4.67. The Hall–Kier alpha value is -1.86. The summed E-state index contributed by atoms with van der Waals surface area (Å²) in [5.41, 5.74) is 1.27. The summed E-state index contributed by atoms with van der Waals surface area (Å²) in [5.74, 6) is 0.754. The van der Waals surface area contributed by atoms with Gasteiger partial charge in [-0.05, 0) is 25.0 Å². The van der Waals surface area contributed by atoms with Gasteiger partial charge in [-0.3, -0.25) is 0 Å². The third-order valence-corrected chi connectivity index (χ3v) is 3.96. The zero-order valence-corrected chi connectivity index (χ0v) is 10.8. The van der Waals surface area contributed by atoms with E-state index in [-0.39, 0.29) is 6.42 Å². The van der Waals surface area contributed by atoms with Crippen LogP contribution in [0.2, 0.25) is 0 Å². The minimum atomic E-state index is -0.631. The fourth-order valence-corrected chi connectivity index (χ4v) is 2.99. The van der Waals surface area contributed by atoms with Gasteiger partial charge in [0.1, 0.15) is 5.82 Å². The maximum Gasteiger partial charge on any atom is 0.124 e. The Morgan fingerprint density at radius 2 is 2.05 bits per heavy atom. The Labute approximate surface area is 112 Å². The molecule has 2 aromatic rings. The maximum atomic E-state index is 10.6. The number of para-hydroxylation sites is 2. The topological polar surface area (TPSA) is 61.8 Å². The third kappa shape index (κ3) is 2.22. The van der Waals surface area contributed by atoms with E-state index in [1.807, 2.05) is 28.8 Å². The van der Waals surface area contributed by atoms with E-state index in [4.69, 9.17) is 5.26 Å². The van der Waals surface area contributed by atoms with Crippen molar-refractivity contribution in [3.8, 4) is 6.07 Å². The lowest BCUT2D eigenvalue weighted by Gasteiger charge is -2.24. The van der Waals surface area contributed by atoms with Crippen molar-refractivity contribution in [2.24, 2.45) is 0 Å². The number of imidazole rings is 1. The number of fused-ring (bicyclic) bond motifs is 1. The number of hydrogen-bond donors (Lipinski definition) is 1. The monoisotopic (exact) mass is 255 g/mol. The highest BCUT2D eigenvalue weighted by Crippen LogP contribution is 2.32. The SMILES string of the molecule is N#CCc1nc2ccccc2n1CC1(O)CCCC1. The largest absolute Gasteiger partial charge is 0.388 e. The summed E-state index contributed by atoms with van der Waals surface area (Å²) >= 11 is 0. The predicted octanol–water partition coefficient (Wildman–Crippen LogP) is 2.41. The van der Waals surface area contributed by atoms with Gasteiger partial charge in [-0.15, -0.1) is 0 Å². The molecule has 0 amide bonds. The molecule has 0 bridgehead atoms. The summed E-state index contributed by atoms with van der Waals surface area (Å²) in [4.78, 5) is 4.50. The lowest BCUT2D eigenvalue weighted by molar-refractivity contribution is 0.0303. The summed E-state index contributed by atoms with van der Waals surface area (Å²) in [6, 6.07) is 10.0. The average Bonchev–Trinajstić information content (AvgIpc) is 2.97. The third-order valence-electron chi connectivity index (χ3n) is 3.96. The first-order valence-electron chi connectivity index (χ1n) is 6.75. The van der Waals surface area contributed by atoms with Gasteiger partial charge >= 0.3 is 0 Å². The van der Waals surface area contributed by atoms with Crippen molar-refractivity contribution < 1.29 is 5.11 Å². The van der Waals surface area contributed by atoms with Crippen LogP contribution in [0.4, 0.5) is 0 Å². The molecule has 1 heterocycles. The smallest absolute Gasteiger partial charge is 0.124 e. The Kier molecular flexibility index (Phi) is 3.00. The lowest BCUT2D eigenvalue weighted by Crippen LogP contribution is -2.31. The van der Waals surface area contributed by atoms with Crippen LogP contribution in [0.15, 0.2) is 24.3 Å². The van der Waals surface area contributed by atoms with Crippen LogP contribution >= 0.6 is 0 Å². The van der Waals surface area contributed by atoms with Crippen molar-refractivity contribution in [2.75, 3.05) is 0 Å². The van der Waals surface area contributed by atoms with Crippen molar-refractivity contribution in [1.29, 1.82) is 5.26 Å². The number of aliphatic hydroxyl groups is 1. The van der Waals surface area contributed by atoms with E-state index < -0.39 is 5.60 Å². The van der Waals surface area contributed by atoms with Crippen LogP contribution in [0, 0.1) is 11.3 Å². The zero-order chi connectivity index (χ0) is 13.3. The molecule has 1 aromatic carbocycles. The molecule has 0 radical (unpaired) electrons. The van der Waals surface area contributed by atoms with Gasteiger partial charge < -0.3 is 9.67 Å². The van der Waals surface area contributed by atoms with Crippen molar-refractivity contribution in [2.45, 2.75) is 44.2 Å². The Balaban J connectivity index is 2.04. The van der Waals surface area contributed by atoms with E-state index in [0.717, 1.165) is 42.5 Å². The minimum absolute atomic E-state index is 0.282. The Bertz CT molecular complexity index is 632. The van der Waals surface area contributed by atoms with Crippen LogP contribution < -0.4 is 0 Å². The number of benzene rings is 1. The van der Waals surface area contributed by atoms with Crippen molar-refractivity contribution in [1.82, 2.24) is 9.55 Å². The van der Waals surface area contributed by atoms with E-state index in [0.29, 0.717) is 6.54 Å². The van der Waals surface area contributed by atoms with Gasteiger partial charge in [-0.2, -0.15) is 5.26 Å². The lowest BCUT2D eigenvalue weighted by atomic mass is 10.0. The van der Waals surface area contributed by atoms with Crippen LogP contribution in [-0.4, -0.2) is 20.3 Å². The van der Waals surface area contributed by atoms with Crippen molar-refractivity contribution in [3.63, 3.8) is 0 Å². The van der Waals surface area contributed by atoms with Crippen LogP contribution in [0.1, 0.15) is 31.5 Å². The summed E-state index contributed by atoms with van der Waals surface area (Å²) in [7, 11) is 0. The first-order valence-corrected chi connectivity index (χ1v) is 6.75. The average molecular weight is 255 g/mol. The highest BCUT2D eigenvalue weighted by molar-refractivity contribution is 5.76. The molecule has 98 valence electrons. The number of hydrogen-bond acceptors (Lipinski definition) is 3. The van der Waals surface area contributed by atoms with Gasteiger partial charge in [0, 0.05) is 0 Å². The van der Waals surface area contributed by atoms with E-state index in [1.165, 1.54) is 0 Å². The minimum Gasteiger partial charge on any atom is -0.388 e. The Morgan fingerprint density at radius 3 is 2.79 bits per heavy atom. The quantitative estimate of drug-likeness (QED) is 0.916. The van der Waals surface area contributed by atoms with Crippen molar-refractivity contribution >= 4 is 11.0 Å². The highest BCUT2D eigenvalue weighted by atomic mass is 16.3. The van der Waals surface area contributed by atoms with E-state index in [9.17, 15) is 5.11 Å². The number of aromatic nitrogens is 2. The van der Waals surface area contributed by atoms with Gasteiger partial charge in [0.15, 0.2) is 0 Å². The molecule has 1 fully saturated rings. The van der Waals surface area contributed by atoms with Gasteiger partial charge in [0.25, 0.3) is 0 Å². The molecule has 1 aliphatic rings.